The molecule has 0 aliphatic rings. The van der Waals surface area contributed by atoms with E-state index in [1.54, 1.807) is 0 Å². The smallest absolute Gasteiger partial charge is 0.119 e. The quantitative estimate of drug-likeness (QED) is 0.782. The fourth-order valence-corrected chi connectivity index (χ4v) is 2.24. The van der Waals surface area contributed by atoms with E-state index in [0.717, 1.165) is 12.2 Å². The summed E-state index contributed by atoms with van der Waals surface area (Å²) in [5, 5.41) is 3.36. The van der Waals surface area contributed by atoms with E-state index in [2.05, 4.69) is 24.4 Å². The zero-order chi connectivity index (χ0) is 13.5. The van der Waals surface area contributed by atoms with Gasteiger partial charge in [-0.05, 0) is 51.1 Å². The molecule has 3 N–H and O–H groups in total. The molecule has 0 spiro atoms. The van der Waals surface area contributed by atoms with Gasteiger partial charge in [-0.3, -0.25) is 0 Å². The van der Waals surface area contributed by atoms with Crippen LogP contribution in [0.3, 0.4) is 0 Å². The van der Waals surface area contributed by atoms with Gasteiger partial charge in [0.15, 0.2) is 0 Å². The summed E-state index contributed by atoms with van der Waals surface area (Å²) in [4.78, 5) is 0. The van der Waals surface area contributed by atoms with Crippen LogP contribution in [0.15, 0.2) is 24.3 Å². The van der Waals surface area contributed by atoms with Crippen LogP contribution in [0.4, 0.5) is 0 Å². The molecule has 2 unspecified atom stereocenters. The Bertz CT molecular complexity index is 331. The van der Waals surface area contributed by atoms with E-state index < -0.39 is 0 Å². The molecule has 1 rings (SSSR count). The van der Waals surface area contributed by atoms with Gasteiger partial charge in [-0.1, -0.05) is 25.5 Å². The number of ether oxygens (including phenoxy) is 1. The molecule has 0 bridgehead atoms. The lowest BCUT2D eigenvalue weighted by atomic mass is 9.91. The van der Waals surface area contributed by atoms with E-state index in [9.17, 15) is 0 Å². The van der Waals surface area contributed by atoms with Gasteiger partial charge in [-0.2, -0.15) is 0 Å². The van der Waals surface area contributed by atoms with Crippen LogP contribution in [0.1, 0.15) is 38.8 Å². The van der Waals surface area contributed by atoms with Gasteiger partial charge >= 0.3 is 0 Å². The molecule has 0 saturated carbocycles. The molecule has 0 aliphatic heterocycles. The zero-order valence-electron chi connectivity index (χ0n) is 11.9. The maximum Gasteiger partial charge on any atom is 0.119 e. The Morgan fingerprint density at radius 3 is 2.22 bits per heavy atom. The molecule has 18 heavy (non-hydrogen) atoms. The number of hydrogen-bond acceptors (Lipinski definition) is 3. The first kappa shape index (κ1) is 15.0. The molecular weight excluding hydrogens is 224 g/mol. The van der Waals surface area contributed by atoms with Gasteiger partial charge in [-0.25, -0.2) is 0 Å². The molecule has 3 heteroatoms. The first-order chi connectivity index (χ1) is 8.62. The summed E-state index contributed by atoms with van der Waals surface area (Å²) in [6, 6.07) is 8.62. The van der Waals surface area contributed by atoms with Gasteiger partial charge < -0.3 is 15.8 Å². The van der Waals surface area contributed by atoms with Gasteiger partial charge in [0.1, 0.15) is 5.75 Å². The molecule has 1 aromatic carbocycles. The Kier molecular flexibility index (Phi) is 6.16. The highest BCUT2D eigenvalue weighted by Crippen LogP contribution is 2.25. The van der Waals surface area contributed by atoms with Crippen molar-refractivity contribution in [2.45, 2.75) is 39.3 Å². The Morgan fingerprint density at radius 1 is 1.22 bits per heavy atom. The van der Waals surface area contributed by atoms with Crippen LogP contribution in [0.25, 0.3) is 0 Å². The summed E-state index contributed by atoms with van der Waals surface area (Å²) >= 11 is 0. The highest BCUT2D eigenvalue weighted by atomic mass is 16.5. The number of hydrogen-bond donors (Lipinski definition) is 2. The van der Waals surface area contributed by atoms with Crippen LogP contribution in [0.5, 0.6) is 5.75 Å². The van der Waals surface area contributed by atoms with Crippen molar-refractivity contribution in [2.24, 2.45) is 11.7 Å². The number of rotatable bonds is 7. The predicted octanol–water partition coefficient (Wildman–Crippen LogP) is 2.72. The average molecular weight is 250 g/mol. The topological polar surface area (TPSA) is 47.3 Å². The van der Waals surface area contributed by atoms with E-state index >= 15 is 0 Å². The fraction of sp³-hybridized carbons (Fsp3) is 0.600. The first-order valence-corrected chi connectivity index (χ1v) is 6.76. The zero-order valence-corrected chi connectivity index (χ0v) is 11.9. The molecule has 0 radical (unpaired) electrons. The van der Waals surface area contributed by atoms with Crippen molar-refractivity contribution >= 4 is 0 Å². The number of benzene rings is 1. The van der Waals surface area contributed by atoms with Crippen LogP contribution in [-0.4, -0.2) is 19.7 Å². The van der Waals surface area contributed by atoms with Gasteiger partial charge in [0.25, 0.3) is 0 Å². The van der Waals surface area contributed by atoms with Crippen molar-refractivity contribution in [3.63, 3.8) is 0 Å². The number of nitrogens with two attached hydrogens (primary N) is 1. The summed E-state index contributed by atoms with van der Waals surface area (Å²) in [7, 11) is 1.99. The third kappa shape index (κ3) is 4.00. The summed E-state index contributed by atoms with van der Waals surface area (Å²) in [5.41, 5.74) is 7.10. The Balaban J connectivity index is 2.81. The second-order valence-corrected chi connectivity index (χ2v) is 4.91. The van der Waals surface area contributed by atoms with Crippen molar-refractivity contribution in [3.8, 4) is 5.75 Å². The first-order valence-electron chi connectivity index (χ1n) is 6.76. The lowest BCUT2D eigenvalue weighted by Crippen LogP contribution is -2.30. The molecule has 0 fully saturated rings. The molecule has 2 atom stereocenters. The summed E-state index contributed by atoms with van der Waals surface area (Å²) in [6.07, 6.45) is 1.29. The Morgan fingerprint density at radius 2 is 1.83 bits per heavy atom. The molecule has 0 aliphatic carbocycles. The molecule has 0 amide bonds. The highest BCUT2D eigenvalue weighted by molar-refractivity contribution is 5.29. The van der Waals surface area contributed by atoms with Crippen molar-refractivity contribution in [2.75, 3.05) is 13.6 Å². The molecule has 0 heterocycles. The predicted molar refractivity (Wildman–Crippen MR) is 76.8 cm³/mol. The number of nitrogens with one attached hydrogen (secondary N) is 1. The van der Waals surface area contributed by atoms with Crippen molar-refractivity contribution in [1.82, 2.24) is 5.32 Å². The van der Waals surface area contributed by atoms with Crippen LogP contribution in [0.2, 0.25) is 0 Å². The van der Waals surface area contributed by atoms with Crippen molar-refractivity contribution in [1.29, 1.82) is 0 Å². The third-order valence-corrected chi connectivity index (χ3v) is 3.22. The second-order valence-electron chi connectivity index (χ2n) is 4.91. The maximum absolute atomic E-state index is 5.83. The SMILES string of the molecule is CCC(CN)C(NC)c1ccc(OC(C)C)cc1. The molecule has 1 aromatic rings. The fourth-order valence-electron chi connectivity index (χ4n) is 2.24. The summed E-state index contributed by atoms with van der Waals surface area (Å²) < 4.78 is 5.65. The highest BCUT2D eigenvalue weighted by Gasteiger charge is 2.18. The Labute approximate surface area is 111 Å². The normalized spacial score (nSPS) is 14.6. The molecule has 3 nitrogen and oxygen atoms in total. The molecular formula is C15H26N2O. The maximum atomic E-state index is 5.83. The minimum Gasteiger partial charge on any atom is -0.491 e. The van der Waals surface area contributed by atoms with Crippen LogP contribution in [0, 0.1) is 5.92 Å². The van der Waals surface area contributed by atoms with E-state index in [1.807, 2.05) is 33.0 Å². The van der Waals surface area contributed by atoms with Gasteiger partial charge in [0.05, 0.1) is 6.10 Å². The van der Waals surface area contributed by atoms with Gasteiger partial charge in [-0.15, -0.1) is 0 Å². The van der Waals surface area contributed by atoms with Crippen LogP contribution in [-0.2, 0) is 0 Å². The lowest BCUT2D eigenvalue weighted by molar-refractivity contribution is 0.242. The standard InChI is InChI=1S/C15H26N2O/c1-5-12(10-16)15(17-4)13-6-8-14(9-7-13)18-11(2)3/h6-9,11-12,15,17H,5,10,16H2,1-4H3. The molecule has 102 valence electrons. The second kappa shape index (κ2) is 7.39. The van der Waals surface area contributed by atoms with Crippen LogP contribution >= 0.6 is 0 Å². The largest absolute Gasteiger partial charge is 0.491 e. The average Bonchev–Trinajstić information content (AvgIpc) is 2.36. The third-order valence-electron chi connectivity index (χ3n) is 3.22. The van der Waals surface area contributed by atoms with E-state index in [4.69, 9.17) is 10.5 Å². The van der Waals surface area contributed by atoms with Gasteiger partial charge in [0, 0.05) is 6.04 Å². The van der Waals surface area contributed by atoms with E-state index in [-0.39, 0.29) is 6.10 Å². The lowest BCUT2D eigenvalue weighted by Gasteiger charge is -2.25. The summed E-state index contributed by atoms with van der Waals surface area (Å²) in [5.74, 6) is 1.39. The Hall–Kier alpha value is -1.06. The van der Waals surface area contributed by atoms with Crippen molar-refractivity contribution < 1.29 is 4.74 Å². The molecule has 0 aromatic heterocycles. The summed E-state index contributed by atoms with van der Waals surface area (Å²) in [6.45, 7) is 6.95. The van der Waals surface area contributed by atoms with E-state index in [0.29, 0.717) is 18.5 Å². The van der Waals surface area contributed by atoms with Crippen molar-refractivity contribution in [3.05, 3.63) is 29.8 Å². The molecule has 0 saturated heterocycles. The minimum absolute atomic E-state index is 0.211. The van der Waals surface area contributed by atoms with Crippen LogP contribution < -0.4 is 15.8 Å². The monoisotopic (exact) mass is 250 g/mol. The van der Waals surface area contributed by atoms with Gasteiger partial charge in [0.2, 0.25) is 0 Å². The minimum atomic E-state index is 0.211. The van der Waals surface area contributed by atoms with E-state index in [1.165, 1.54) is 5.56 Å².